The van der Waals surface area contributed by atoms with E-state index >= 15 is 0 Å². The largest absolute Gasteiger partial charge is 0.453 e. The van der Waals surface area contributed by atoms with Gasteiger partial charge in [0, 0.05) is 20.8 Å². The van der Waals surface area contributed by atoms with Crippen molar-refractivity contribution in [2.24, 2.45) is 0 Å². The molecule has 0 atom stereocenters. The van der Waals surface area contributed by atoms with Gasteiger partial charge in [-0.05, 0) is 97.1 Å². The van der Waals surface area contributed by atoms with Gasteiger partial charge in [0.05, 0.1) is 69.8 Å². The molecule has 0 saturated heterocycles. The Morgan fingerprint density at radius 1 is 0.425 bits per heavy atom. The Bertz CT molecular complexity index is 3590. The fourth-order valence-electron chi connectivity index (χ4n) is 6.28. The van der Waals surface area contributed by atoms with Gasteiger partial charge < -0.3 is 9.47 Å². The molecule has 7 aromatic carbocycles. The Kier molecular flexibility index (Phi) is 19.3. The van der Waals surface area contributed by atoms with E-state index < -0.39 is 30.2 Å². The molecule has 0 saturated carbocycles. The summed E-state index contributed by atoms with van der Waals surface area (Å²) in [6.45, 7) is 0. The summed E-state index contributed by atoms with van der Waals surface area (Å²) in [5, 5.41) is 2.83. The predicted molar refractivity (Wildman–Crippen MR) is 295 cm³/mol. The number of benzene rings is 7. The average molecular weight is 1220 g/mol. The molecule has 378 valence electrons. The van der Waals surface area contributed by atoms with Crippen LogP contribution in [0.15, 0.2) is 179 Å². The number of nitrogens with one attached hydrogen (secondary N) is 2. The summed E-state index contributed by atoms with van der Waals surface area (Å²) in [6, 6.07) is 39.8. The van der Waals surface area contributed by atoms with E-state index in [4.69, 9.17) is 107 Å². The molecule has 9 rings (SSSR count). The van der Waals surface area contributed by atoms with Crippen molar-refractivity contribution in [3.8, 4) is 23.0 Å². The molecule has 0 amide bonds. The lowest BCUT2D eigenvalue weighted by atomic mass is 10.2. The summed E-state index contributed by atoms with van der Waals surface area (Å²) >= 11 is 49.0. The minimum Gasteiger partial charge on any atom is -0.453 e. The summed E-state index contributed by atoms with van der Waals surface area (Å²) < 4.78 is 96.4. The minimum absolute atomic E-state index is 0. The number of aromatic nitrogens is 2. The van der Waals surface area contributed by atoms with Crippen molar-refractivity contribution in [3.63, 3.8) is 0 Å². The lowest BCUT2D eigenvalue weighted by Crippen LogP contribution is -2.13. The summed E-state index contributed by atoms with van der Waals surface area (Å²) in [5.74, 6) is 1.22. The van der Waals surface area contributed by atoms with Crippen LogP contribution in [0.25, 0.3) is 21.8 Å². The van der Waals surface area contributed by atoms with Gasteiger partial charge in [0.2, 0.25) is 0 Å². The summed E-state index contributed by atoms with van der Waals surface area (Å²) in [4.78, 5) is 8.32. The SMILES string of the molecule is Cl.O=S(=O)(Nc1cc(Cl)c(Oc2cnc3ccccc3c2)c(Cl)c1)c1ccc(Cl)cc1Cl.O=S(=O)(Nc1cc(Cl)c(Oc2cnc3ccccc3c2)c(Cl)c1)c1ccc(Cl)cc1Cl.O=S(=O)(O)c1ccccc1. The molecule has 0 aliphatic heterocycles. The van der Waals surface area contributed by atoms with Crippen LogP contribution in [0.2, 0.25) is 40.2 Å². The van der Waals surface area contributed by atoms with E-state index in [0.29, 0.717) is 21.5 Å². The lowest BCUT2D eigenvalue weighted by Gasteiger charge is -2.14. The van der Waals surface area contributed by atoms with Crippen molar-refractivity contribution in [3.05, 3.63) is 204 Å². The maximum atomic E-state index is 12.7. The highest BCUT2D eigenvalue weighted by Gasteiger charge is 2.22. The zero-order valence-electron chi connectivity index (χ0n) is 36.4. The first kappa shape index (κ1) is 57.3. The molecular formula is C48H31Cl9N4O9S3. The molecule has 0 unspecified atom stereocenters. The van der Waals surface area contributed by atoms with Crippen LogP contribution in [0.4, 0.5) is 11.4 Å². The number of para-hydroxylation sites is 2. The topological polar surface area (TPSA) is 191 Å². The van der Waals surface area contributed by atoms with E-state index in [1.807, 2.05) is 48.5 Å². The van der Waals surface area contributed by atoms with Crippen LogP contribution in [-0.2, 0) is 30.2 Å². The van der Waals surface area contributed by atoms with Crippen molar-refractivity contribution in [2.45, 2.75) is 14.7 Å². The second kappa shape index (κ2) is 24.6. The number of ether oxygens (including phenoxy) is 2. The number of pyridine rings is 2. The van der Waals surface area contributed by atoms with Gasteiger partial charge in [0.15, 0.2) is 11.5 Å². The monoisotopic (exact) mass is 1220 g/mol. The average Bonchev–Trinajstić information content (AvgIpc) is 3.31. The second-order valence-corrected chi connectivity index (χ2v) is 22.7. The van der Waals surface area contributed by atoms with Gasteiger partial charge in [-0.15, -0.1) is 12.4 Å². The van der Waals surface area contributed by atoms with E-state index in [0.717, 1.165) is 21.8 Å². The summed E-state index contributed by atoms with van der Waals surface area (Å²) in [5.41, 5.74) is 1.92. The van der Waals surface area contributed by atoms with Crippen LogP contribution >= 0.6 is 105 Å². The molecule has 13 nitrogen and oxygen atoms in total. The lowest BCUT2D eigenvalue weighted by molar-refractivity contribution is 0.481. The van der Waals surface area contributed by atoms with Gasteiger partial charge in [-0.25, -0.2) is 16.8 Å². The Hall–Kier alpha value is -5.02. The molecule has 2 heterocycles. The maximum absolute atomic E-state index is 12.7. The van der Waals surface area contributed by atoms with Gasteiger partial charge >= 0.3 is 0 Å². The standard InChI is InChI=1S/2C21H12Cl4N2O3S.C6H6O3S.ClH/c2*22-13-5-6-20(16(23)8-13)31(28,29)27-14-9-17(24)21(18(25)10-14)30-15-7-12-3-1-2-4-19(12)26-11-15;7-10(8,9)6-4-2-1-3-5-6;/h2*1-11,27H;1-5H,(H,7,8,9);1H. The first-order valence-corrected chi connectivity index (χ1v) is 27.5. The van der Waals surface area contributed by atoms with E-state index in [2.05, 4.69) is 19.4 Å². The number of nitrogens with zero attached hydrogens (tertiary/aromatic N) is 2. The van der Waals surface area contributed by atoms with Crippen molar-refractivity contribution >= 4 is 169 Å². The van der Waals surface area contributed by atoms with E-state index in [1.165, 1.54) is 72.8 Å². The molecular weight excluding hydrogens is 1190 g/mol. The Morgan fingerprint density at radius 2 is 0.781 bits per heavy atom. The molecule has 0 fully saturated rings. The number of fused-ring (bicyclic) bond motifs is 2. The maximum Gasteiger partial charge on any atom is 0.294 e. The number of sulfonamides is 2. The fraction of sp³-hybridized carbons (Fsp3) is 0. The third kappa shape index (κ3) is 15.1. The number of hydrogen-bond acceptors (Lipinski definition) is 10. The van der Waals surface area contributed by atoms with Crippen LogP contribution in [-0.4, -0.2) is 39.8 Å². The van der Waals surface area contributed by atoms with Gasteiger partial charge in [0.1, 0.15) is 21.3 Å². The highest BCUT2D eigenvalue weighted by Crippen LogP contribution is 2.42. The second-order valence-electron chi connectivity index (χ2n) is 14.6. The first-order chi connectivity index (χ1) is 34.1. The minimum atomic E-state index is -4.00. The van der Waals surface area contributed by atoms with Crippen molar-refractivity contribution in [1.29, 1.82) is 0 Å². The molecule has 0 aliphatic carbocycles. The zero-order valence-corrected chi connectivity index (χ0v) is 45.7. The molecule has 0 bridgehead atoms. The van der Waals surface area contributed by atoms with Gasteiger partial charge in [-0.2, -0.15) is 8.42 Å². The molecule has 2 aromatic heterocycles. The third-order valence-electron chi connectivity index (χ3n) is 9.48. The summed E-state index contributed by atoms with van der Waals surface area (Å²) in [7, 11) is -12.0. The third-order valence-corrected chi connectivity index (χ3v) is 15.7. The van der Waals surface area contributed by atoms with Crippen molar-refractivity contribution in [2.75, 3.05) is 9.44 Å². The van der Waals surface area contributed by atoms with Crippen LogP contribution in [0, 0.1) is 0 Å². The normalized spacial score (nSPS) is 11.3. The highest BCUT2D eigenvalue weighted by atomic mass is 35.5. The van der Waals surface area contributed by atoms with Gasteiger partial charge in [-0.3, -0.25) is 24.0 Å². The van der Waals surface area contributed by atoms with Gasteiger partial charge in [-0.1, -0.05) is 147 Å². The fourth-order valence-corrected chi connectivity index (χ4v) is 11.5. The van der Waals surface area contributed by atoms with Crippen molar-refractivity contribution < 1.29 is 39.3 Å². The van der Waals surface area contributed by atoms with Crippen LogP contribution in [0.5, 0.6) is 23.0 Å². The van der Waals surface area contributed by atoms with Crippen molar-refractivity contribution in [1.82, 2.24) is 9.97 Å². The van der Waals surface area contributed by atoms with E-state index in [9.17, 15) is 25.3 Å². The number of halogens is 9. The van der Waals surface area contributed by atoms with Crippen LogP contribution < -0.4 is 18.9 Å². The Labute approximate surface area is 465 Å². The van der Waals surface area contributed by atoms with Gasteiger partial charge in [0.25, 0.3) is 30.2 Å². The van der Waals surface area contributed by atoms with Crippen LogP contribution in [0.1, 0.15) is 0 Å². The molecule has 0 spiro atoms. The molecule has 25 heteroatoms. The number of hydrogen-bond donors (Lipinski definition) is 3. The highest BCUT2D eigenvalue weighted by molar-refractivity contribution is 7.93. The Morgan fingerprint density at radius 3 is 1.12 bits per heavy atom. The summed E-state index contributed by atoms with van der Waals surface area (Å²) in [6.07, 6.45) is 3.10. The molecule has 0 radical (unpaired) electrons. The predicted octanol–water partition coefficient (Wildman–Crippen LogP) is 16.2. The number of rotatable bonds is 11. The number of anilines is 2. The van der Waals surface area contributed by atoms with Crippen LogP contribution in [0.3, 0.4) is 0 Å². The van der Waals surface area contributed by atoms with E-state index in [1.54, 1.807) is 42.7 Å². The van der Waals surface area contributed by atoms with E-state index in [-0.39, 0.29) is 80.1 Å². The molecule has 3 N–H and O–H groups in total. The molecule has 0 aliphatic rings. The Balaban J connectivity index is 0.000000198. The molecule has 73 heavy (non-hydrogen) atoms. The first-order valence-electron chi connectivity index (χ1n) is 20.1. The quantitative estimate of drug-likeness (QED) is 0.104. The molecule has 9 aromatic rings. The smallest absolute Gasteiger partial charge is 0.294 e. The zero-order chi connectivity index (χ0) is 52.0.